The predicted molar refractivity (Wildman–Crippen MR) is 46.3 cm³/mol. The standard InChI is InChI=1S/C7H12N2OS/c8-7(11)9-3-5-1-2-6(4-9)10-5/h5-6H,1-4H2,(H2,8,11). The molecule has 0 amide bonds. The van der Waals surface area contributed by atoms with Crippen LogP contribution in [-0.4, -0.2) is 35.3 Å². The van der Waals surface area contributed by atoms with Crippen LogP contribution in [0.2, 0.25) is 0 Å². The van der Waals surface area contributed by atoms with Crippen molar-refractivity contribution in [2.75, 3.05) is 13.1 Å². The van der Waals surface area contributed by atoms with Gasteiger partial charge in [-0.05, 0) is 25.1 Å². The molecule has 11 heavy (non-hydrogen) atoms. The minimum Gasteiger partial charge on any atom is -0.376 e. The number of likely N-dealkylation sites (tertiary alicyclic amines) is 1. The van der Waals surface area contributed by atoms with E-state index in [0.29, 0.717) is 17.3 Å². The fraction of sp³-hybridized carbons (Fsp3) is 0.857. The van der Waals surface area contributed by atoms with E-state index >= 15 is 0 Å². The summed E-state index contributed by atoms with van der Waals surface area (Å²) < 4.78 is 5.62. The Bertz CT molecular complexity index is 173. The molecule has 3 nitrogen and oxygen atoms in total. The van der Waals surface area contributed by atoms with Gasteiger partial charge in [0.2, 0.25) is 0 Å². The van der Waals surface area contributed by atoms with Crippen molar-refractivity contribution in [2.45, 2.75) is 25.0 Å². The Morgan fingerprint density at radius 2 is 1.91 bits per heavy atom. The number of ether oxygens (including phenoxy) is 1. The van der Waals surface area contributed by atoms with E-state index in [2.05, 4.69) is 0 Å². The largest absolute Gasteiger partial charge is 0.376 e. The molecular weight excluding hydrogens is 160 g/mol. The molecule has 0 aromatic carbocycles. The average molecular weight is 172 g/mol. The Kier molecular flexibility index (Phi) is 1.73. The van der Waals surface area contributed by atoms with E-state index in [9.17, 15) is 0 Å². The second-order valence-corrected chi connectivity index (χ2v) is 3.62. The Balaban J connectivity index is 2.02. The van der Waals surface area contributed by atoms with Gasteiger partial charge in [0, 0.05) is 13.1 Å². The SMILES string of the molecule is NC(=S)N1CC2CCC(C1)O2. The molecular formula is C7H12N2OS. The lowest BCUT2D eigenvalue weighted by molar-refractivity contribution is -0.0153. The summed E-state index contributed by atoms with van der Waals surface area (Å²) in [6, 6.07) is 0. The molecule has 2 heterocycles. The van der Waals surface area contributed by atoms with Gasteiger partial charge in [-0.1, -0.05) is 0 Å². The lowest BCUT2D eigenvalue weighted by atomic mass is 10.2. The zero-order valence-electron chi connectivity index (χ0n) is 6.32. The van der Waals surface area contributed by atoms with Gasteiger partial charge in [0.05, 0.1) is 12.2 Å². The molecule has 0 saturated carbocycles. The fourth-order valence-corrected chi connectivity index (χ4v) is 1.94. The van der Waals surface area contributed by atoms with Crippen molar-refractivity contribution < 1.29 is 4.74 Å². The molecule has 2 N–H and O–H groups in total. The summed E-state index contributed by atoms with van der Waals surface area (Å²) in [5, 5.41) is 0.519. The number of nitrogens with zero attached hydrogens (tertiary/aromatic N) is 1. The topological polar surface area (TPSA) is 38.5 Å². The van der Waals surface area contributed by atoms with Crippen LogP contribution in [0.25, 0.3) is 0 Å². The lowest BCUT2D eigenvalue weighted by Gasteiger charge is -2.32. The van der Waals surface area contributed by atoms with E-state index in [-0.39, 0.29) is 0 Å². The third-order valence-electron chi connectivity index (χ3n) is 2.36. The minimum atomic E-state index is 0.384. The normalized spacial score (nSPS) is 35.8. The Labute approximate surface area is 71.5 Å². The third-order valence-corrected chi connectivity index (χ3v) is 2.61. The van der Waals surface area contributed by atoms with Gasteiger partial charge in [0.1, 0.15) is 0 Å². The first-order valence-corrected chi connectivity index (χ1v) is 4.36. The van der Waals surface area contributed by atoms with E-state index < -0.39 is 0 Å². The molecule has 0 aromatic rings. The summed E-state index contributed by atoms with van der Waals surface area (Å²) in [6.07, 6.45) is 3.11. The second-order valence-electron chi connectivity index (χ2n) is 3.20. The molecule has 2 bridgehead atoms. The summed E-state index contributed by atoms with van der Waals surface area (Å²) in [5.74, 6) is 0. The van der Waals surface area contributed by atoms with Crippen LogP contribution in [0.3, 0.4) is 0 Å². The minimum absolute atomic E-state index is 0.384. The molecule has 0 radical (unpaired) electrons. The number of nitrogens with two attached hydrogens (primary N) is 1. The molecule has 2 rings (SSSR count). The van der Waals surface area contributed by atoms with E-state index in [1.54, 1.807) is 0 Å². The molecule has 0 aromatic heterocycles. The molecule has 2 aliphatic rings. The van der Waals surface area contributed by atoms with Gasteiger partial charge in [-0.15, -0.1) is 0 Å². The zero-order valence-corrected chi connectivity index (χ0v) is 7.14. The summed E-state index contributed by atoms with van der Waals surface area (Å²) in [4.78, 5) is 2.04. The summed E-state index contributed by atoms with van der Waals surface area (Å²) in [7, 11) is 0. The molecule has 0 spiro atoms. The maximum absolute atomic E-state index is 5.62. The average Bonchev–Trinajstić information content (AvgIpc) is 2.30. The van der Waals surface area contributed by atoms with Crippen molar-refractivity contribution in [1.29, 1.82) is 0 Å². The van der Waals surface area contributed by atoms with Crippen LogP contribution >= 0.6 is 12.2 Å². The molecule has 2 unspecified atom stereocenters. The second kappa shape index (κ2) is 2.60. The van der Waals surface area contributed by atoms with Crippen molar-refractivity contribution in [2.24, 2.45) is 5.73 Å². The Morgan fingerprint density at radius 3 is 2.36 bits per heavy atom. The van der Waals surface area contributed by atoms with Gasteiger partial charge in [-0.2, -0.15) is 0 Å². The van der Waals surface area contributed by atoms with E-state index in [1.165, 1.54) is 12.8 Å². The third kappa shape index (κ3) is 1.32. The first-order valence-electron chi connectivity index (χ1n) is 3.95. The number of thiocarbonyl (C=S) groups is 1. The van der Waals surface area contributed by atoms with Crippen molar-refractivity contribution >= 4 is 17.3 Å². The Morgan fingerprint density at radius 1 is 1.36 bits per heavy atom. The molecule has 2 saturated heterocycles. The highest BCUT2D eigenvalue weighted by Crippen LogP contribution is 2.25. The van der Waals surface area contributed by atoms with E-state index in [0.717, 1.165) is 13.1 Å². The highest BCUT2D eigenvalue weighted by molar-refractivity contribution is 7.80. The van der Waals surface area contributed by atoms with Crippen LogP contribution in [0.15, 0.2) is 0 Å². The van der Waals surface area contributed by atoms with Crippen LogP contribution < -0.4 is 5.73 Å². The molecule has 0 aliphatic carbocycles. The summed E-state index contributed by atoms with van der Waals surface area (Å²) >= 11 is 4.90. The van der Waals surface area contributed by atoms with Crippen molar-refractivity contribution in [3.05, 3.63) is 0 Å². The van der Waals surface area contributed by atoms with Crippen molar-refractivity contribution in [3.63, 3.8) is 0 Å². The molecule has 2 fully saturated rings. The van der Waals surface area contributed by atoms with Crippen molar-refractivity contribution in [3.8, 4) is 0 Å². The van der Waals surface area contributed by atoms with Gasteiger partial charge < -0.3 is 15.4 Å². The van der Waals surface area contributed by atoms with Gasteiger partial charge in [0.15, 0.2) is 5.11 Å². The number of morpholine rings is 1. The lowest BCUT2D eigenvalue weighted by Crippen LogP contribution is -2.47. The first kappa shape index (κ1) is 7.31. The zero-order chi connectivity index (χ0) is 7.84. The van der Waals surface area contributed by atoms with Crippen LogP contribution in [0, 0.1) is 0 Å². The molecule has 2 aliphatic heterocycles. The molecule has 2 atom stereocenters. The maximum atomic E-state index is 5.62. The summed E-state index contributed by atoms with van der Waals surface area (Å²) in [6.45, 7) is 1.79. The molecule has 62 valence electrons. The van der Waals surface area contributed by atoms with Crippen molar-refractivity contribution in [1.82, 2.24) is 4.90 Å². The van der Waals surface area contributed by atoms with Crippen LogP contribution in [0.5, 0.6) is 0 Å². The van der Waals surface area contributed by atoms with Gasteiger partial charge in [0.25, 0.3) is 0 Å². The number of rotatable bonds is 0. The van der Waals surface area contributed by atoms with Crippen LogP contribution in [0.4, 0.5) is 0 Å². The fourth-order valence-electron chi connectivity index (χ4n) is 1.79. The predicted octanol–water partition coefficient (Wildman–Crippen LogP) is 0.0932. The highest BCUT2D eigenvalue weighted by Gasteiger charge is 2.33. The van der Waals surface area contributed by atoms with Crippen LogP contribution in [-0.2, 0) is 4.74 Å². The maximum Gasteiger partial charge on any atom is 0.166 e. The monoisotopic (exact) mass is 172 g/mol. The summed E-state index contributed by atoms with van der Waals surface area (Å²) in [5.41, 5.74) is 5.52. The van der Waals surface area contributed by atoms with Gasteiger partial charge in [-0.3, -0.25) is 0 Å². The quantitative estimate of drug-likeness (QED) is 0.526. The van der Waals surface area contributed by atoms with E-state index in [1.807, 2.05) is 4.90 Å². The van der Waals surface area contributed by atoms with Gasteiger partial charge in [-0.25, -0.2) is 0 Å². The first-order chi connectivity index (χ1) is 5.25. The number of hydrogen-bond donors (Lipinski definition) is 1. The Hall–Kier alpha value is -0.350. The highest BCUT2D eigenvalue weighted by atomic mass is 32.1. The molecule has 4 heteroatoms. The number of hydrogen-bond acceptors (Lipinski definition) is 2. The van der Waals surface area contributed by atoms with Crippen LogP contribution in [0.1, 0.15) is 12.8 Å². The van der Waals surface area contributed by atoms with E-state index in [4.69, 9.17) is 22.7 Å². The smallest absolute Gasteiger partial charge is 0.166 e. The number of fused-ring (bicyclic) bond motifs is 2. The van der Waals surface area contributed by atoms with Gasteiger partial charge >= 0.3 is 0 Å².